The van der Waals surface area contributed by atoms with Crippen LogP contribution in [0.5, 0.6) is 11.5 Å². The predicted molar refractivity (Wildman–Crippen MR) is 115 cm³/mol. The number of hydrogen-bond donors (Lipinski definition) is 2. The number of nitrogens with one attached hydrogen (secondary N) is 2. The third-order valence-electron chi connectivity index (χ3n) is 4.08. The van der Waals surface area contributed by atoms with Crippen molar-refractivity contribution in [1.29, 1.82) is 0 Å². The topological polar surface area (TPSA) is 76.7 Å². The lowest BCUT2D eigenvalue weighted by Crippen LogP contribution is -2.40. The minimum absolute atomic E-state index is 0.242. The Bertz CT molecular complexity index is 1040. The van der Waals surface area contributed by atoms with E-state index in [1.165, 1.54) is 36.4 Å². The first-order valence-corrected chi connectivity index (χ1v) is 9.55. The van der Waals surface area contributed by atoms with E-state index in [1.54, 1.807) is 24.3 Å². The molecule has 0 fully saturated rings. The molecule has 6 nitrogen and oxygen atoms in total. The first-order valence-electron chi connectivity index (χ1n) is 9.55. The molecular formula is C24H21FN2O4. The van der Waals surface area contributed by atoms with Crippen LogP contribution in [0.3, 0.4) is 0 Å². The van der Waals surface area contributed by atoms with Gasteiger partial charge in [0.1, 0.15) is 30.5 Å². The van der Waals surface area contributed by atoms with Crippen molar-refractivity contribution in [2.24, 2.45) is 0 Å². The molecule has 7 heteroatoms. The van der Waals surface area contributed by atoms with Crippen molar-refractivity contribution >= 4 is 17.9 Å². The molecule has 0 bridgehead atoms. The number of amides is 2. The summed E-state index contributed by atoms with van der Waals surface area (Å²) in [6.07, 6.45) is 2.74. The molecule has 0 aliphatic carbocycles. The standard InChI is InChI=1S/C24H21FN2O4/c25-19-13-10-18(11-14-19)12-15-23(28)26-27-24(29)21-8-4-5-9-22(21)31-17-16-30-20-6-2-1-3-7-20/h1-15H,16-17H2,(H,26,28)(H,27,29). The maximum Gasteiger partial charge on any atom is 0.273 e. The summed E-state index contributed by atoms with van der Waals surface area (Å²) in [4.78, 5) is 24.3. The summed E-state index contributed by atoms with van der Waals surface area (Å²) in [5.74, 6) is -0.321. The number of carbonyl (C=O) groups excluding carboxylic acids is 2. The molecule has 0 aliphatic rings. The molecular weight excluding hydrogens is 399 g/mol. The average molecular weight is 420 g/mol. The van der Waals surface area contributed by atoms with Gasteiger partial charge in [-0.1, -0.05) is 42.5 Å². The number of carbonyl (C=O) groups is 2. The molecule has 31 heavy (non-hydrogen) atoms. The fourth-order valence-electron chi connectivity index (χ4n) is 2.58. The van der Waals surface area contributed by atoms with Crippen molar-refractivity contribution in [3.05, 3.63) is 102 Å². The van der Waals surface area contributed by atoms with E-state index in [4.69, 9.17) is 9.47 Å². The van der Waals surface area contributed by atoms with Crippen LogP contribution < -0.4 is 20.3 Å². The normalized spacial score (nSPS) is 10.5. The SMILES string of the molecule is O=C(C=Cc1ccc(F)cc1)NNC(=O)c1ccccc1OCCOc1ccccc1. The molecule has 3 aromatic carbocycles. The summed E-state index contributed by atoms with van der Waals surface area (Å²) in [5, 5.41) is 0. The highest BCUT2D eigenvalue weighted by Gasteiger charge is 2.12. The zero-order valence-corrected chi connectivity index (χ0v) is 16.6. The van der Waals surface area contributed by atoms with Crippen molar-refractivity contribution in [1.82, 2.24) is 10.9 Å². The molecule has 0 spiro atoms. The van der Waals surface area contributed by atoms with Crippen LogP contribution in [0.1, 0.15) is 15.9 Å². The summed E-state index contributed by atoms with van der Waals surface area (Å²) in [6, 6.07) is 21.7. The summed E-state index contributed by atoms with van der Waals surface area (Å²) in [6.45, 7) is 0.552. The van der Waals surface area contributed by atoms with Gasteiger partial charge in [-0.2, -0.15) is 0 Å². The fourth-order valence-corrected chi connectivity index (χ4v) is 2.58. The van der Waals surface area contributed by atoms with Gasteiger partial charge in [0, 0.05) is 6.08 Å². The van der Waals surface area contributed by atoms with Crippen LogP contribution in [0.15, 0.2) is 84.9 Å². The Hall–Kier alpha value is -4.13. The highest BCUT2D eigenvalue weighted by molar-refractivity contribution is 5.99. The Morgan fingerprint density at radius 3 is 2.26 bits per heavy atom. The minimum Gasteiger partial charge on any atom is -0.490 e. The molecule has 158 valence electrons. The van der Waals surface area contributed by atoms with Crippen molar-refractivity contribution in [3.8, 4) is 11.5 Å². The molecule has 3 rings (SSSR count). The number of para-hydroxylation sites is 2. The molecule has 3 aromatic rings. The van der Waals surface area contributed by atoms with Crippen LogP contribution in [-0.2, 0) is 4.79 Å². The van der Waals surface area contributed by atoms with Crippen molar-refractivity contribution < 1.29 is 23.5 Å². The van der Waals surface area contributed by atoms with Crippen molar-refractivity contribution in [3.63, 3.8) is 0 Å². The highest BCUT2D eigenvalue weighted by atomic mass is 19.1. The van der Waals surface area contributed by atoms with Gasteiger partial charge in [-0.25, -0.2) is 4.39 Å². The van der Waals surface area contributed by atoms with Crippen LogP contribution in [0.2, 0.25) is 0 Å². The smallest absolute Gasteiger partial charge is 0.273 e. The number of benzene rings is 3. The van der Waals surface area contributed by atoms with Gasteiger partial charge in [0.05, 0.1) is 5.56 Å². The van der Waals surface area contributed by atoms with Crippen LogP contribution in [0.25, 0.3) is 6.08 Å². The van der Waals surface area contributed by atoms with Gasteiger partial charge in [-0.3, -0.25) is 20.4 Å². The molecule has 0 aliphatic heterocycles. The lowest BCUT2D eigenvalue weighted by atomic mass is 10.2. The average Bonchev–Trinajstić information content (AvgIpc) is 2.81. The van der Waals surface area contributed by atoms with Crippen molar-refractivity contribution in [2.75, 3.05) is 13.2 Å². The summed E-state index contributed by atoms with van der Waals surface area (Å²) in [7, 11) is 0. The van der Waals surface area contributed by atoms with E-state index in [0.717, 1.165) is 5.75 Å². The first kappa shape index (κ1) is 21.6. The lowest BCUT2D eigenvalue weighted by molar-refractivity contribution is -0.117. The molecule has 2 amide bonds. The second kappa shape index (κ2) is 11.2. The van der Waals surface area contributed by atoms with E-state index in [1.807, 2.05) is 30.3 Å². The Balaban J connectivity index is 1.48. The van der Waals surface area contributed by atoms with Crippen LogP contribution >= 0.6 is 0 Å². The molecule has 0 aromatic heterocycles. The van der Waals surface area contributed by atoms with E-state index < -0.39 is 11.8 Å². The third-order valence-corrected chi connectivity index (χ3v) is 4.08. The second-order valence-corrected chi connectivity index (χ2v) is 6.33. The molecule has 0 atom stereocenters. The Morgan fingerprint density at radius 2 is 1.48 bits per heavy atom. The molecule has 2 N–H and O–H groups in total. The first-order chi connectivity index (χ1) is 15.1. The monoisotopic (exact) mass is 420 g/mol. The zero-order valence-electron chi connectivity index (χ0n) is 16.6. The van der Waals surface area contributed by atoms with E-state index in [2.05, 4.69) is 10.9 Å². The van der Waals surface area contributed by atoms with Gasteiger partial charge >= 0.3 is 0 Å². The number of hydrogen-bond acceptors (Lipinski definition) is 4. The number of rotatable bonds is 8. The maximum absolute atomic E-state index is 12.9. The summed E-state index contributed by atoms with van der Waals surface area (Å²) >= 11 is 0. The van der Waals surface area contributed by atoms with Gasteiger partial charge in [-0.15, -0.1) is 0 Å². The van der Waals surface area contributed by atoms with Gasteiger partial charge in [0.25, 0.3) is 11.8 Å². The lowest BCUT2D eigenvalue weighted by Gasteiger charge is -2.12. The quantitative estimate of drug-likeness (QED) is 0.331. The Labute approximate surface area is 179 Å². The number of halogens is 1. The van der Waals surface area contributed by atoms with E-state index in [9.17, 15) is 14.0 Å². The van der Waals surface area contributed by atoms with Gasteiger partial charge < -0.3 is 9.47 Å². The maximum atomic E-state index is 12.9. The molecule has 0 unspecified atom stereocenters. The highest BCUT2D eigenvalue weighted by Crippen LogP contribution is 2.18. The van der Waals surface area contributed by atoms with Crippen LogP contribution in [-0.4, -0.2) is 25.0 Å². The molecule has 0 heterocycles. The molecule has 0 radical (unpaired) electrons. The summed E-state index contributed by atoms with van der Waals surface area (Å²) in [5.41, 5.74) is 5.56. The Kier molecular flexibility index (Phi) is 7.77. The van der Waals surface area contributed by atoms with E-state index in [0.29, 0.717) is 17.9 Å². The van der Waals surface area contributed by atoms with Gasteiger partial charge in [0.2, 0.25) is 0 Å². The van der Waals surface area contributed by atoms with Crippen LogP contribution in [0.4, 0.5) is 4.39 Å². The minimum atomic E-state index is -0.535. The number of hydrazine groups is 1. The van der Waals surface area contributed by atoms with Crippen LogP contribution in [0, 0.1) is 5.82 Å². The number of ether oxygens (including phenoxy) is 2. The van der Waals surface area contributed by atoms with Gasteiger partial charge in [-0.05, 0) is 48.0 Å². The predicted octanol–water partition coefficient (Wildman–Crippen LogP) is 3.76. The summed E-state index contributed by atoms with van der Waals surface area (Å²) < 4.78 is 24.1. The van der Waals surface area contributed by atoms with Crippen molar-refractivity contribution in [2.45, 2.75) is 0 Å². The zero-order chi connectivity index (χ0) is 21.9. The fraction of sp³-hybridized carbons (Fsp3) is 0.0833. The third kappa shape index (κ3) is 7.01. The van der Waals surface area contributed by atoms with E-state index >= 15 is 0 Å². The molecule has 0 saturated carbocycles. The van der Waals surface area contributed by atoms with Gasteiger partial charge in [0.15, 0.2) is 0 Å². The Morgan fingerprint density at radius 1 is 0.806 bits per heavy atom. The van der Waals surface area contributed by atoms with E-state index in [-0.39, 0.29) is 18.0 Å². The largest absolute Gasteiger partial charge is 0.490 e. The molecule has 0 saturated heterocycles. The second-order valence-electron chi connectivity index (χ2n) is 6.33.